The van der Waals surface area contributed by atoms with Gasteiger partial charge < -0.3 is 4.74 Å². The molecule has 0 saturated heterocycles. The predicted molar refractivity (Wildman–Crippen MR) is 84.5 cm³/mol. The van der Waals surface area contributed by atoms with Gasteiger partial charge in [-0.15, -0.1) is 0 Å². The van der Waals surface area contributed by atoms with Crippen LogP contribution in [0.15, 0.2) is 28.7 Å². The van der Waals surface area contributed by atoms with Gasteiger partial charge in [-0.05, 0) is 48.8 Å². The monoisotopic (exact) mass is 335 g/mol. The number of rotatable bonds is 2. The summed E-state index contributed by atoms with van der Waals surface area (Å²) in [6.45, 7) is 6.83. The van der Waals surface area contributed by atoms with Crippen LogP contribution >= 0.6 is 15.9 Å². The molecular weight excluding hydrogens is 314 g/mol. The number of halogens is 1. The number of ether oxygens (including phenoxy) is 1. The Morgan fingerprint density at radius 2 is 2.05 bits per heavy atom. The lowest BCUT2D eigenvalue weighted by atomic mass is 9.69. The second-order valence-corrected chi connectivity index (χ2v) is 7.64. The van der Waals surface area contributed by atoms with E-state index in [2.05, 4.69) is 42.8 Å². The first-order valence-electron chi connectivity index (χ1n) is 7.22. The second kappa shape index (κ2) is 6.18. The van der Waals surface area contributed by atoms with Crippen molar-refractivity contribution in [1.82, 2.24) is 0 Å². The molecule has 0 amide bonds. The van der Waals surface area contributed by atoms with E-state index in [1.807, 2.05) is 24.3 Å². The summed E-state index contributed by atoms with van der Waals surface area (Å²) in [5, 5.41) is 9.34. The van der Waals surface area contributed by atoms with E-state index < -0.39 is 0 Å². The zero-order valence-electron chi connectivity index (χ0n) is 12.4. The molecular formula is C17H22BrNO. The third-order valence-electron chi connectivity index (χ3n) is 4.27. The van der Waals surface area contributed by atoms with Crippen molar-refractivity contribution in [1.29, 1.82) is 5.26 Å². The van der Waals surface area contributed by atoms with E-state index in [1.54, 1.807) is 0 Å². The van der Waals surface area contributed by atoms with E-state index in [-0.39, 0.29) is 17.4 Å². The Hall–Kier alpha value is -1.01. The van der Waals surface area contributed by atoms with Crippen molar-refractivity contribution in [2.24, 2.45) is 17.3 Å². The van der Waals surface area contributed by atoms with Crippen molar-refractivity contribution in [2.45, 2.75) is 46.1 Å². The summed E-state index contributed by atoms with van der Waals surface area (Å²) in [4.78, 5) is 0. The van der Waals surface area contributed by atoms with E-state index in [4.69, 9.17) is 4.74 Å². The Morgan fingerprint density at radius 3 is 2.65 bits per heavy atom. The first-order valence-corrected chi connectivity index (χ1v) is 8.01. The average molecular weight is 336 g/mol. The van der Waals surface area contributed by atoms with Gasteiger partial charge in [-0.1, -0.05) is 42.8 Å². The van der Waals surface area contributed by atoms with Crippen LogP contribution in [0.4, 0.5) is 0 Å². The SMILES string of the molecule is CC(C)(C)C1CCC(C#N)C(Oc2cccc(Br)c2)C1. The number of benzene rings is 1. The fraction of sp³-hybridized carbons (Fsp3) is 0.588. The molecule has 0 radical (unpaired) electrons. The molecule has 0 bridgehead atoms. The minimum atomic E-state index is 0.00674. The van der Waals surface area contributed by atoms with Crippen molar-refractivity contribution in [3.63, 3.8) is 0 Å². The lowest BCUT2D eigenvalue weighted by Crippen LogP contribution is -2.37. The summed E-state index contributed by atoms with van der Waals surface area (Å²) in [5.41, 5.74) is 0.277. The van der Waals surface area contributed by atoms with Crippen LogP contribution in [0.25, 0.3) is 0 Å². The van der Waals surface area contributed by atoms with Gasteiger partial charge in [0.2, 0.25) is 0 Å². The normalized spacial score (nSPS) is 26.9. The van der Waals surface area contributed by atoms with Gasteiger partial charge in [-0.2, -0.15) is 5.26 Å². The van der Waals surface area contributed by atoms with Crippen LogP contribution in [0.5, 0.6) is 5.75 Å². The second-order valence-electron chi connectivity index (χ2n) is 6.73. The van der Waals surface area contributed by atoms with Gasteiger partial charge in [0.05, 0.1) is 12.0 Å². The maximum atomic E-state index is 9.34. The number of hydrogen-bond donors (Lipinski definition) is 0. The summed E-state index contributed by atoms with van der Waals surface area (Å²) in [6.07, 6.45) is 3.04. The van der Waals surface area contributed by atoms with E-state index in [0.29, 0.717) is 5.92 Å². The van der Waals surface area contributed by atoms with Crippen LogP contribution in [0.1, 0.15) is 40.0 Å². The minimum absolute atomic E-state index is 0.00674. The van der Waals surface area contributed by atoms with Crippen LogP contribution in [0.2, 0.25) is 0 Å². The van der Waals surface area contributed by atoms with Gasteiger partial charge in [0.1, 0.15) is 11.9 Å². The lowest BCUT2D eigenvalue weighted by molar-refractivity contribution is 0.0493. The average Bonchev–Trinajstić information content (AvgIpc) is 2.37. The molecule has 1 aliphatic rings. The van der Waals surface area contributed by atoms with Crippen molar-refractivity contribution >= 4 is 15.9 Å². The van der Waals surface area contributed by atoms with Crippen LogP contribution in [0, 0.1) is 28.6 Å². The van der Waals surface area contributed by atoms with Crippen LogP contribution in [0.3, 0.4) is 0 Å². The lowest BCUT2D eigenvalue weighted by Gasteiger charge is -2.39. The Morgan fingerprint density at radius 1 is 1.30 bits per heavy atom. The highest BCUT2D eigenvalue weighted by Crippen LogP contribution is 2.41. The van der Waals surface area contributed by atoms with Gasteiger partial charge in [-0.25, -0.2) is 0 Å². The number of nitriles is 1. The summed E-state index contributed by atoms with van der Waals surface area (Å²) in [5.74, 6) is 1.47. The summed E-state index contributed by atoms with van der Waals surface area (Å²) < 4.78 is 7.12. The summed E-state index contributed by atoms with van der Waals surface area (Å²) >= 11 is 3.46. The molecule has 0 heterocycles. The molecule has 0 N–H and O–H groups in total. The summed E-state index contributed by atoms with van der Waals surface area (Å²) in [7, 11) is 0. The maximum Gasteiger partial charge on any atom is 0.120 e. The molecule has 1 fully saturated rings. The smallest absolute Gasteiger partial charge is 0.120 e. The van der Waals surface area contributed by atoms with Crippen LogP contribution < -0.4 is 4.74 Å². The molecule has 1 saturated carbocycles. The first-order chi connectivity index (χ1) is 9.40. The Balaban J connectivity index is 2.12. The molecule has 3 unspecified atom stereocenters. The third kappa shape index (κ3) is 3.76. The zero-order valence-corrected chi connectivity index (χ0v) is 14.0. The third-order valence-corrected chi connectivity index (χ3v) is 4.76. The molecule has 1 aliphatic carbocycles. The molecule has 0 aliphatic heterocycles. The minimum Gasteiger partial charge on any atom is -0.489 e. The quantitative estimate of drug-likeness (QED) is 0.745. The van der Waals surface area contributed by atoms with Crippen LogP contribution in [-0.2, 0) is 0 Å². The highest BCUT2D eigenvalue weighted by Gasteiger charge is 2.37. The van der Waals surface area contributed by atoms with Crippen molar-refractivity contribution in [3.8, 4) is 11.8 Å². The fourth-order valence-corrected chi connectivity index (χ4v) is 3.29. The van der Waals surface area contributed by atoms with Gasteiger partial charge in [0.15, 0.2) is 0 Å². The molecule has 0 aromatic heterocycles. The first kappa shape index (κ1) is 15.4. The molecule has 108 valence electrons. The fourth-order valence-electron chi connectivity index (χ4n) is 2.91. The highest BCUT2D eigenvalue weighted by atomic mass is 79.9. The Bertz CT molecular complexity index is 500. The maximum absolute atomic E-state index is 9.34. The van der Waals surface area contributed by atoms with Crippen molar-refractivity contribution < 1.29 is 4.74 Å². The van der Waals surface area contributed by atoms with Crippen molar-refractivity contribution in [2.75, 3.05) is 0 Å². The molecule has 3 atom stereocenters. The van der Waals surface area contributed by atoms with E-state index in [1.165, 1.54) is 0 Å². The number of hydrogen-bond acceptors (Lipinski definition) is 2. The van der Waals surface area contributed by atoms with Gasteiger partial charge in [0.25, 0.3) is 0 Å². The predicted octanol–water partition coefficient (Wildman–Crippen LogP) is 5.18. The Labute approximate surface area is 130 Å². The van der Waals surface area contributed by atoms with Gasteiger partial charge in [0, 0.05) is 4.47 Å². The van der Waals surface area contributed by atoms with E-state index >= 15 is 0 Å². The topological polar surface area (TPSA) is 33.0 Å². The summed E-state index contributed by atoms with van der Waals surface area (Å²) in [6, 6.07) is 10.3. The largest absolute Gasteiger partial charge is 0.489 e. The van der Waals surface area contributed by atoms with Crippen LogP contribution in [-0.4, -0.2) is 6.10 Å². The molecule has 1 aromatic carbocycles. The molecule has 20 heavy (non-hydrogen) atoms. The molecule has 1 aromatic rings. The molecule has 0 spiro atoms. The number of nitrogens with zero attached hydrogens (tertiary/aromatic N) is 1. The van der Waals surface area contributed by atoms with Gasteiger partial charge in [-0.3, -0.25) is 0 Å². The Kier molecular flexibility index (Phi) is 4.75. The highest BCUT2D eigenvalue weighted by molar-refractivity contribution is 9.10. The standard InChI is InChI=1S/C17H22BrNO/c1-17(2,3)13-8-7-12(11-19)16(9-13)20-15-6-4-5-14(18)10-15/h4-6,10,12-13,16H,7-9H2,1-3H3. The molecule has 2 nitrogen and oxygen atoms in total. The molecule has 2 rings (SSSR count). The van der Waals surface area contributed by atoms with E-state index in [0.717, 1.165) is 29.5 Å². The zero-order chi connectivity index (χ0) is 14.8. The molecule has 3 heteroatoms. The van der Waals surface area contributed by atoms with Gasteiger partial charge >= 0.3 is 0 Å². The van der Waals surface area contributed by atoms with E-state index in [9.17, 15) is 5.26 Å². The van der Waals surface area contributed by atoms with Crippen molar-refractivity contribution in [3.05, 3.63) is 28.7 Å².